The number of halogens is 1. The summed E-state index contributed by atoms with van der Waals surface area (Å²) < 4.78 is 6.17. The van der Waals surface area contributed by atoms with Crippen LogP contribution in [0, 0.1) is 16.0 Å². The molecule has 1 heterocycles. The molecule has 1 aromatic carbocycles. The van der Waals surface area contributed by atoms with Gasteiger partial charge in [-0.2, -0.15) is 0 Å². The van der Waals surface area contributed by atoms with E-state index < -0.39 is 35.4 Å². The van der Waals surface area contributed by atoms with Crippen molar-refractivity contribution >= 4 is 23.4 Å². The van der Waals surface area contributed by atoms with E-state index in [2.05, 4.69) is 4.98 Å². The minimum absolute atomic E-state index is 0.0146. The van der Waals surface area contributed by atoms with Gasteiger partial charge in [0.2, 0.25) is 0 Å². The van der Waals surface area contributed by atoms with E-state index in [1.807, 2.05) is 6.07 Å². The highest BCUT2D eigenvalue weighted by Gasteiger charge is 2.32. The van der Waals surface area contributed by atoms with E-state index in [9.17, 15) is 20.0 Å². The summed E-state index contributed by atoms with van der Waals surface area (Å²) in [6.07, 6.45) is -0.160. The number of aliphatic hydroxyl groups is 1. The van der Waals surface area contributed by atoms with Gasteiger partial charge in [0.25, 0.3) is 0 Å². The van der Waals surface area contributed by atoms with Crippen molar-refractivity contribution in [3.05, 3.63) is 57.5 Å². The van der Waals surface area contributed by atoms with Crippen LogP contribution in [0.15, 0.2) is 36.5 Å². The van der Waals surface area contributed by atoms with Gasteiger partial charge in [0, 0.05) is 0 Å². The number of imidazole rings is 1. The van der Waals surface area contributed by atoms with Crippen molar-refractivity contribution in [3.8, 4) is 0 Å². The molecule has 128 valence electrons. The average molecular weight is 355 g/mol. The molecule has 1 aromatic heterocycles. The van der Waals surface area contributed by atoms with E-state index in [-0.39, 0.29) is 11.9 Å². The van der Waals surface area contributed by atoms with Gasteiger partial charge in [-0.15, -0.1) is 0 Å². The fourth-order valence-corrected chi connectivity index (χ4v) is 2.26. The third kappa shape index (κ3) is 4.07. The normalized spacial score (nSPS) is 13.3. The van der Waals surface area contributed by atoms with Crippen LogP contribution in [-0.4, -0.2) is 32.2 Å². The van der Waals surface area contributed by atoms with E-state index in [1.54, 1.807) is 24.3 Å². The zero-order valence-corrected chi connectivity index (χ0v) is 13.2. The molecule has 0 aliphatic heterocycles. The quantitative estimate of drug-likeness (QED) is 0.434. The topological polar surface area (TPSA) is 134 Å². The van der Waals surface area contributed by atoms with Crippen molar-refractivity contribution in [2.75, 3.05) is 6.61 Å². The van der Waals surface area contributed by atoms with Crippen LogP contribution in [-0.2, 0) is 16.1 Å². The summed E-state index contributed by atoms with van der Waals surface area (Å²) >= 11 is 5.80. The first-order chi connectivity index (χ1) is 11.4. The van der Waals surface area contributed by atoms with E-state index in [0.29, 0.717) is 0 Å². The Kier molecular flexibility index (Phi) is 5.85. The molecule has 0 radical (unpaired) electrons. The van der Waals surface area contributed by atoms with Gasteiger partial charge < -0.3 is 25.7 Å². The number of hydrogen-bond acceptors (Lipinski definition) is 7. The van der Waals surface area contributed by atoms with E-state index in [4.69, 9.17) is 22.1 Å². The average Bonchev–Trinajstić information content (AvgIpc) is 2.96. The minimum Gasteiger partial charge on any atom is -0.460 e. The lowest BCUT2D eigenvalue weighted by Gasteiger charge is -2.21. The first-order valence-corrected chi connectivity index (χ1v) is 7.27. The first-order valence-electron chi connectivity index (χ1n) is 6.89. The molecule has 0 spiro atoms. The highest BCUT2D eigenvalue weighted by Crippen LogP contribution is 2.23. The van der Waals surface area contributed by atoms with Crippen LogP contribution >= 0.6 is 11.6 Å². The Hall–Kier alpha value is -2.49. The van der Waals surface area contributed by atoms with Crippen LogP contribution < -0.4 is 5.73 Å². The molecule has 0 fully saturated rings. The van der Waals surface area contributed by atoms with Crippen molar-refractivity contribution in [1.29, 1.82) is 0 Å². The van der Waals surface area contributed by atoms with Crippen LogP contribution in [0.5, 0.6) is 0 Å². The van der Waals surface area contributed by atoms with Gasteiger partial charge in [-0.3, -0.25) is 9.36 Å². The third-order valence-electron chi connectivity index (χ3n) is 3.32. The summed E-state index contributed by atoms with van der Waals surface area (Å²) in [7, 11) is 0. The Morgan fingerprint density at radius 3 is 2.67 bits per heavy atom. The number of nitrogens with two attached hydrogens (primary N) is 1. The Labute approximate surface area is 141 Å². The molecule has 9 nitrogen and oxygen atoms in total. The van der Waals surface area contributed by atoms with Crippen LogP contribution in [0.4, 0.5) is 5.82 Å². The number of aromatic nitrogens is 2. The summed E-state index contributed by atoms with van der Waals surface area (Å²) in [6, 6.07) is 8.96. The lowest BCUT2D eigenvalue weighted by molar-refractivity contribution is -0.389. The minimum atomic E-state index is -1.16. The van der Waals surface area contributed by atoms with Gasteiger partial charge in [0.15, 0.2) is 0 Å². The molecular formula is C14H15ClN4O5. The number of esters is 1. The van der Waals surface area contributed by atoms with Gasteiger partial charge in [-0.25, -0.2) is 0 Å². The molecule has 0 aliphatic rings. The second-order valence-electron chi connectivity index (χ2n) is 4.91. The number of benzene rings is 1. The monoisotopic (exact) mass is 354 g/mol. The third-order valence-corrected chi connectivity index (χ3v) is 3.60. The first kappa shape index (κ1) is 17.9. The SMILES string of the molecule is NC(C(CO)C(=O)OCc1ccccc1)n1cc([N+](=O)[O-])nc1Cl. The molecule has 2 unspecified atom stereocenters. The molecular weight excluding hydrogens is 340 g/mol. The smallest absolute Gasteiger partial charge is 0.383 e. The van der Waals surface area contributed by atoms with Gasteiger partial charge in [0.05, 0.1) is 6.61 Å². The Balaban J connectivity index is 2.09. The Bertz CT molecular complexity index is 721. The molecule has 2 aromatic rings. The maximum atomic E-state index is 12.1. The van der Waals surface area contributed by atoms with Gasteiger partial charge in [-0.1, -0.05) is 30.3 Å². The highest BCUT2D eigenvalue weighted by atomic mass is 35.5. The molecule has 10 heteroatoms. The zero-order chi connectivity index (χ0) is 17.7. The van der Waals surface area contributed by atoms with Crippen molar-refractivity contribution in [2.45, 2.75) is 12.8 Å². The van der Waals surface area contributed by atoms with Crippen LogP contribution in [0.1, 0.15) is 11.7 Å². The molecule has 0 bridgehead atoms. The van der Waals surface area contributed by atoms with Crippen LogP contribution in [0.3, 0.4) is 0 Å². The van der Waals surface area contributed by atoms with Crippen molar-refractivity contribution in [2.24, 2.45) is 11.7 Å². The molecule has 2 atom stereocenters. The molecule has 3 N–H and O–H groups in total. The van der Waals surface area contributed by atoms with Crippen LogP contribution in [0.2, 0.25) is 5.28 Å². The van der Waals surface area contributed by atoms with Crippen molar-refractivity contribution < 1.29 is 19.6 Å². The fourth-order valence-electron chi connectivity index (χ4n) is 2.01. The van der Waals surface area contributed by atoms with E-state index >= 15 is 0 Å². The number of carbonyl (C=O) groups is 1. The number of carbonyl (C=O) groups excluding carboxylic acids is 1. The number of aliphatic hydroxyl groups excluding tert-OH is 1. The van der Waals surface area contributed by atoms with Gasteiger partial charge >= 0.3 is 17.1 Å². The molecule has 0 amide bonds. The summed E-state index contributed by atoms with van der Waals surface area (Å²) in [5, 5.41) is 19.9. The molecule has 0 aliphatic carbocycles. The number of nitro groups is 1. The maximum Gasteiger partial charge on any atom is 0.383 e. The highest BCUT2D eigenvalue weighted by molar-refractivity contribution is 6.28. The van der Waals surface area contributed by atoms with E-state index in [1.165, 1.54) is 0 Å². The number of rotatable bonds is 7. The van der Waals surface area contributed by atoms with Crippen LogP contribution in [0.25, 0.3) is 0 Å². The summed E-state index contributed by atoms with van der Waals surface area (Å²) in [6.45, 7) is -0.599. The molecule has 24 heavy (non-hydrogen) atoms. The predicted octanol–water partition coefficient (Wildman–Crippen LogP) is 1.25. The Morgan fingerprint density at radius 2 is 2.12 bits per heavy atom. The standard InChI is InChI=1S/C14H15ClN4O5/c15-14-17-11(19(22)23)6-18(14)12(16)10(7-20)13(21)24-8-9-4-2-1-3-5-9/h1-6,10,12,20H,7-8,16H2. The van der Waals surface area contributed by atoms with Crippen molar-refractivity contribution in [1.82, 2.24) is 9.55 Å². The van der Waals surface area contributed by atoms with Gasteiger partial charge in [0.1, 0.15) is 24.9 Å². The molecule has 2 rings (SSSR count). The van der Waals surface area contributed by atoms with Gasteiger partial charge in [-0.05, 0) is 27.1 Å². The second kappa shape index (κ2) is 7.86. The zero-order valence-electron chi connectivity index (χ0n) is 12.4. The fraction of sp³-hybridized carbons (Fsp3) is 0.286. The second-order valence-corrected chi connectivity index (χ2v) is 5.24. The number of ether oxygens (including phenoxy) is 1. The largest absolute Gasteiger partial charge is 0.460 e. The summed E-state index contributed by atoms with van der Waals surface area (Å²) in [4.78, 5) is 25.6. The molecule has 0 saturated heterocycles. The van der Waals surface area contributed by atoms with Crippen molar-refractivity contribution in [3.63, 3.8) is 0 Å². The van der Waals surface area contributed by atoms with E-state index in [0.717, 1.165) is 16.3 Å². The lowest BCUT2D eigenvalue weighted by atomic mass is 10.1. The maximum absolute atomic E-state index is 12.1. The summed E-state index contributed by atoms with van der Waals surface area (Å²) in [5.74, 6) is -2.41. The molecule has 0 saturated carbocycles. The summed E-state index contributed by atoms with van der Waals surface area (Å²) in [5.41, 5.74) is 6.66. The lowest BCUT2D eigenvalue weighted by Crippen LogP contribution is -2.36. The number of nitrogens with zero attached hydrogens (tertiary/aromatic N) is 3. The predicted molar refractivity (Wildman–Crippen MR) is 83.9 cm³/mol. The Morgan fingerprint density at radius 1 is 1.46 bits per heavy atom. The number of hydrogen-bond donors (Lipinski definition) is 2.